The molecule has 1 aromatic rings. The Hall–Kier alpha value is -2.30. The van der Waals surface area contributed by atoms with E-state index in [0.29, 0.717) is 18.4 Å². The SMILES string of the molecule is CC(C)CN(CC1CCC1)[C@@H](C[NH-])C(=O)Nc1ccc(N2CCOCC2=O)c(OC(F)F)c1. The Morgan fingerprint density at radius 3 is 2.70 bits per heavy atom. The number of ether oxygens (including phenoxy) is 2. The number of nitrogens with one attached hydrogen (secondary N) is 2. The van der Waals surface area contributed by atoms with Crippen LogP contribution in [0.25, 0.3) is 5.73 Å². The first-order valence-electron chi connectivity index (χ1n) is 11.4. The minimum absolute atomic E-state index is 0.105. The van der Waals surface area contributed by atoms with Crippen LogP contribution in [0.15, 0.2) is 18.2 Å². The van der Waals surface area contributed by atoms with Gasteiger partial charge in [-0.05, 0) is 36.8 Å². The molecular formula is C23H33F2N4O4-. The Kier molecular flexibility index (Phi) is 8.99. The van der Waals surface area contributed by atoms with Gasteiger partial charge in [-0.1, -0.05) is 20.3 Å². The molecule has 1 saturated carbocycles. The number of morpholine rings is 1. The lowest BCUT2D eigenvalue weighted by molar-refractivity contribution is -0.126. The molecule has 184 valence electrons. The smallest absolute Gasteiger partial charge is 0.387 e. The number of carbonyl (C=O) groups is 2. The molecule has 0 spiro atoms. The zero-order chi connectivity index (χ0) is 24.0. The van der Waals surface area contributed by atoms with E-state index in [4.69, 9.17) is 10.5 Å². The largest absolute Gasteiger partial charge is 0.676 e. The van der Waals surface area contributed by atoms with E-state index in [1.807, 2.05) is 0 Å². The molecule has 0 bridgehead atoms. The fourth-order valence-corrected chi connectivity index (χ4v) is 4.20. The van der Waals surface area contributed by atoms with Crippen molar-refractivity contribution in [2.45, 2.75) is 45.8 Å². The average molecular weight is 468 g/mol. The van der Waals surface area contributed by atoms with E-state index in [0.717, 1.165) is 19.4 Å². The number of rotatable bonds is 11. The molecule has 3 rings (SSSR count). The maximum atomic E-state index is 13.1. The van der Waals surface area contributed by atoms with Crippen LogP contribution >= 0.6 is 0 Å². The molecule has 1 atom stereocenters. The monoisotopic (exact) mass is 467 g/mol. The Bertz CT molecular complexity index is 820. The number of hydrogen-bond acceptors (Lipinski definition) is 5. The lowest BCUT2D eigenvalue weighted by Crippen LogP contribution is -2.49. The van der Waals surface area contributed by atoms with Crippen molar-refractivity contribution in [3.63, 3.8) is 0 Å². The van der Waals surface area contributed by atoms with E-state index in [-0.39, 0.29) is 55.2 Å². The van der Waals surface area contributed by atoms with Crippen molar-refractivity contribution in [2.24, 2.45) is 11.8 Å². The highest BCUT2D eigenvalue weighted by Gasteiger charge is 2.29. The maximum absolute atomic E-state index is 13.1. The minimum Gasteiger partial charge on any atom is -0.676 e. The molecule has 0 radical (unpaired) electrons. The number of nitrogens with zero attached hydrogens (tertiary/aromatic N) is 2. The second kappa shape index (κ2) is 11.7. The van der Waals surface area contributed by atoms with E-state index in [9.17, 15) is 18.4 Å². The van der Waals surface area contributed by atoms with Gasteiger partial charge in [0.2, 0.25) is 5.91 Å². The van der Waals surface area contributed by atoms with E-state index < -0.39 is 12.7 Å². The molecule has 1 aliphatic heterocycles. The number of carbonyl (C=O) groups excluding carboxylic acids is 2. The van der Waals surface area contributed by atoms with Crippen molar-refractivity contribution in [1.82, 2.24) is 4.90 Å². The zero-order valence-electron chi connectivity index (χ0n) is 19.2. The van der Waals surface area contributed by atoms with Gasteiger partial charge >= 0.3 is 6.61 Å². The summed E-state index contributed by atoms with van der Waals surface area (Å²) >= 11 is 0. The Morgan fingerprint density at radius 2 is 2.12 bits per heavy atom. The number of benzene rings is 1. The highest BCUT2D eigenvalue weighted by Crippen LogP contribution is 2.34. The summed E-state index contributed by atoms with van der Waals surface area (Å²) in [6, 6.07) is 3.68. The maximum Gasteiger partial charge on any atom is 0.387 e. The molecule has 0 unspecified atom stereocenters. The van der Waals surface area contributed by atoms with Crippen molar-refractivity contribution in [3.05, 3.63) is 23.9 Å². The number of alkyl halides is 2. The fourth-order valence-electron chi connectivity index (χ4n) is 4.20. The molecule has 2 N–H and O–H groups in total. The molecule has 0 aromatic heterocycles. The van der Waals surface area contributed by atoms with E-state index >= 15 is 0 Å². The topological polar surface area (TPSA) is 94.9 Å². The van der Waals surface area contributed by atoms with E-state index in [1.165, 1.54) is 23.5 Å². The van der Waals surface area contributed by atoms with Crippen molar-refractivity contribution in [3.8, 4) is 5.75 Å². The van der Waals surface area contributed by atoms with Crippen LogP contribution in [0.1, 0.15) is 33.1 Å². The Labute approximate surface area is 193 Å². The summed E-state index contributed by atoms with van der Waals surface area (Å²) in [5.41, 5.74) is 8.46. The highest BCUT2D eigenvalue weighted by atomic mass is 19.3. The molecule has 1 heterocycles. The first kappa shape index (κ1) is 25.3. The molecule has 1 saturated heterocycles. The summed E-state index contributed by atoms with van der Waals surface area (Å²) < 4.78 is 35.9. The molecule has 10 heteroatoms. The van der Waals surface area contributed by atoms with Crippen LogP contribution in [0.3, 0.4) is 0 Å². The van der Waals surface area contributed by atoms with Crippen LogP contribution in [0.5, 0.6) is 5.75 Å². The summed E-state index contributed by atoms with van der Waals surface area (Å²) in [6.45, 7) is 2.80. The first-order chi connectivity index (χ1) is 15.8. The normalized spacial score (nSPS) is 18.1. The Balaban J connectivity index is 1.78. The van der Waals surface area contributed by atoms with Gasteiger partial charge in [0.25, 0.3) is 5.91 Å². The van der Waals surface area contributed by atoms with Gasteiger partial charge in [-0.25, -0.2) is 0 Å². The summed E-state index contributed by atoms with van der Waals surface area (Å²) in [5.74, 6) is -0.0332. The van der Waals surface area contributed by atoms with Gasteiger partial charge in [-0.3, -0.25) is 14.5 Å². The molecule has 1 aromatic carbocycles. The van der Waals surface area contributed by atoms with Gasteiger partial charge in [0.15, 0.2) is 5.75 Å². The van der Waals surface area contributed by atoms with Crippen LogP contribution in [0.4, 0.5) is 20.2 Å². The molecule has 2 aliphatic rings. The quantitative estimate of drug-likeness (QED) is 0.535. The third-order valence-corrected chi connectivity index (χ3v) is 5.97. The standard InChI is InChI=1S/C23H33F2N4O4/c1-15(2)12-28(13-16-4-3-5-16)19(11-26)22(31)27-17-6-7-18(20(10-17)33-23(24)25)29-8-9-32-14-21(29)30/h6-7,10,15-16,19,23,26H,3-5,8-9,11-14H2,1-2H3,(H,27,31)/q-1/t19-/m0/s1. The predicted molar refractivity (Wildman–Crippen MR) is 122 cm³/mol. The van der Waals surface area contributed by atoms with Crippen LogP contribution in [-0.2, 0) is 14.3 Å². The third kappa shape index (κ3) is 6.84. The van der Waals surface area contributed by atoms with Gasteiger partial charge in [0.05, 0.1) is 18.3 Å². The first-order valence-corrected chi connectivity index (χ1v) is 11.4. The molecule has 2 fully saturated rings. The van der Waals surface area contributed by atoms with Gasteiger partial charge < -0.3 is 25.4 Å². The van der Waals surface area contributed by atoms with Gasteiger partial charge in [-0.15, -0.1) is 6.54 Å². The number of hydrogen-bond donors (Lipinski definition) is 1. The number of halogens is 2. The van der Waals surface area contributed by atoms with Crippen LogP contribution in [0.2, 0.25) is 0 Å². The summed E-state index contributed by atoms with van der Waals surface area (Å²) in [6.07, 6.45) is 3.47. The zero-order valence-corrected chi connectivity index (χ0v) is 19.2. The summed E-state index contributed by atoms with van der Waals surface area (Å²) in [4.78, 5) is 28.6. The van der Waals surface area contributed by atoms with Gasteiger partial charge in [0, 0.05) is 31.4 Å². The number of anilines is 2. The van der Waals surface area contributed by atoms with Gasteiger partial charge in [-0.2, -0.15) is 8.78 Å². The average Bonchev–Trinajstić information content (AvgIpc) is 2.71. The van der Waals surface area contributed by atoms with Crippen LogP contribution in [0, 0.1) is 11.8 Å². The second-order valence-electron chi connectivity index (χ2n) is 9.01. The van der Waals surface area contributed by atoms with Crippen molar-refractivity contribution in [2.75, 3.05) is 49.6 Å². The van der Waals surface area contributed by atoms with Crippen molar-refractivity contribution >= 4 is 23.2 Å². The van der Waals surface area contributed by atoms with Crippen LogP contribution < -0.4 is 15.0 Å². The lowest BCUT2D eigenvalue weighted by atomic mass is 9.84. The molecule has 33 heavy (non-hydrogen) atoms. The lowest BCUT2D eigenvalue weighted by Gasteiger charge is -2.38. The van der Waals surface area contributed by atoms with E-state index in [2.05, 4.69) is 28.8 Å². The molecule has 8 nitrogen and oxygen atoms in total. The predicted octanol–water partition coefficient (Wildman–Crippen LogP) is 3.77. The summed E-state index contributed by atoms with van der Waals surface area (Å²) in [5, 5.41) is 2.76. The van der Waals surface area contributed by atoms with Crippen molar-refractivity contribution in [1.29, 1.82) is 0 Å². The molecular weight excluding hydrogens is 434 g/mol. The van der Waals surface area contributed by atoms with Crippen molar-refractivity contribution < 1.29 is 27.8 Å². The van der Waals surface area contributed by atoms with Gasteiger partial charge in [0.1, 0.15) is 6.61 Å². The highest BCUT2D eigenvalue weighted by molar-refractivity contribution is 5.98. The minimum atomic E-state index is -3.09. The van der Waals surface area contributed by atoms with Crippen LogP contribution in [-0.4, -0.2) is 68.8 Å². The summed E-state index contributed by atoms with van der Waals surface area (Å²) in [7, 11) is 0. The third-order valence-electron chi connectivity index (χ3n) is 5.97. The van der Waals surface area contributed by atoms with E-state index in [1.54, 1.807) is 6.07 Å². The number of amides is 2. The Morgan fingerprint density at radius 1 is 1.36 bits per heavy atom. The molecule has 1 aliphatic carbocycles. The second-order valence-corrected chi connectivity index (χ2v) is 9.01. The molecule has 2 amide bonds. The fraction of sp³-hybridized carbons (Fsp3) is 0.652.